The molecule has 0 saturated heterocycles. The summed E-state index contributed by atoms with van der Waals surface area (Å²) >= 11 is 0. The Morgan fingerprint density at radius 3 is 2.21 bits per heavy atom. The first-order valence-electron chi connectivity index (χ1n) is 10.4. The second-order valence-corrected chi connectivity index (χ2v) is 7.61. The van der Waals surface area contributed by atoms with E-state index in [1.807, 2.05) is 12.1 Å². The van der Waals surface area contributed by atoms with Crippen LogP contribution < -0.4 is 19.5 Å². The highest BCUT2D eigenvalue weighted by Gasteiger charge is 2.14. The van der Waals surface area contributed by atoms with Gasteiger partial charge in [-0.2, -0.15) is 0 Å². The van der Waals surface area contributed by atoms with Gasteiger partial charge < -0.3 is 19.5 Å². The number of hydrogen-bond acceptors (Lipinski definition) is 4. The fourth-order valence-electron chi connectivity index (χ4n) is 4.02. The summed E-state index contributed by atoms with van der Waals surface area (Å²) in [4.78, 5) is 0. The van der Waals surface area contributed by atoms with Crippen LogP contribution in [0.15, 0.2) is 35.9 Å². The minimum absolute atomic E-state index is 0.649. The SMILES string of the molecule is COc1cc(CCCNCCCC2=Cc3cccc(C)c3C2)cc(OC)c1OC. The summed E-state index contributed by atoms with van der Waals surface area (Å²) < 4.78 is 16.3. The van der Waals surface area contributed by atoms with E-state index in [9.17, 15) is 0 Å². The van der Waals surface area contributed by atoms with Crippen LogP contribution in [0, 0.1) is 6.92 Å². The smallest absolute Gasteiger partial charge is 0.203 e. The summed E-state index contributed by atoms with van der Waals surface area (Å²) in [6.07, 6.45) is 7.92. The van der Waals surface area contributed by atoms with Gasteiger partial charge in [-0.3, -0.25) is 0 Å². The number of nitrogens with one attached hydrogen (secondary N) is 1. The molecule has 0 bridgehead atoms. The third-order valence-corrected chi connectivity index (χ3v) is 5.60. The van der Waals surface area contributed by atoms with Crippen LogP contribution in [-0.4, -0.2) is 34.4 Å². The Morgan fingerprint density at radius 2 is 1.59 bits per heavy atom. The maximum absolute atomic E-state index is 5.43. The fourth-order valence-corrected chi connectivity index (χ4v) is 4.02. The molecule has 0 atom stereocenters. The van der Waals surface area contributed by atoms with Crippen LogP contribution in [0.1, 0.15) is 41.5 Å². The van der Waals surface area contributed by atoms with Crippen molar-refractivity contribution in [1.29, 1.82) is 0 Å². The van der Waals surface area contributed by atoms with Crippen molar-refractivity contribution < 1.29 is 14.2 Å². The molecule has 4 nitrogen and oxygen atoms in total. The Labute approximate surface area is 174 Å². The normalized spacial score (nSPS) is 12.5. The van der Waals surface area contributed by atoms with Crippen LogP contribution in [-0.2, 0) is 12.8 Å². The summed E-state index contributed by atoms with van der Waals surface area (Å²) in [5.74, 6) is 2.09. The Morgan fingerprint density at radius 1 is 0.897 bits per heavy atom. The highest BCUT2D eigenvalue weighted by molar-refractivity contribution is 5.65. The molecule has 4 heteroatoms. The van der Waals surface area contributed by atoms with Gasteiger partial charge in [0.1, 0.15) is 0 Å². The molecule has 0 fully saturated rings. The minimum atomic E-state index is 0.649. The Hall–Kier alpha value is -2.46. The van der Waals surface area contributed by atoms with E-state index in [4.69, 9.17) is 14.2 Å². The quantitative estimate of drug-likeness (QED) is 0.546. The molecule has 0 amide bonds. The average Bonchev–Trinajstić information content (AvgIpc) is 3.16. The second kappa shape index (κ2) is 10.4. The summed E-state index contributed by atoms with van der Waals surface area (Å²) in [6, 6.07) is 10.7. The van der Waals surface area contributed by atoms with E-state index in [2.05, 4.69) is 36.5 Å². The van der Waals surface area contributed by atoms with E-state index < -0.39 is 0 Å². The van der Waals surface area contributed by atoms with Crippen molar-refractivity contribution in [3.63, 3.8) is 0 Å². The summed E-state index contributed by atoms with van der Waals surface area (Å²) in [5, 5.41) is 3.58. The number of aryl methyl sites for hydroxylation is 2. The van der Waals surface area contributed by atoms with Crippen molar-refractivity contribution in [3.05, 3.63) is 58.2 Å². The molecule has 1 aliphatic rings. The van der Waals surface area contributed by atoms with E-state index in [1.165, 1.54) is 35.1 Å². The van der Waals surface area contributed by atoms with Crippen molar-refractivity contribution >= 4 is 6.08 Å². The molecule has 29 heavy (non-hydrogen) atoms. The Kier molecular flexibility index (Phi) is 7.59. The molecule has 2 aromatic rings. The minimum Gasteiger partial charge on any atom is -0.493 e. The summed E-state index contributed by atoms with van der Waals surface area (Å²) in [7, 11) is 4.94. The van der Waals surface area contributed by atoms with Gasteiger partial charge in [0.15, 0.2) is 11.5 Å². The molecule has 0 heterocycles. The second-order valence-electron chi connectivity index (χ2n) is 7.61. The topological polar surface area (TPSA) is 39.7 Å². The van der Waals surface area contributed by atoms with Crippen molar-refractivity contribution in [2.75, 3.05) is 34.4 Å². The largest absolute Gasteiger partial charge is 0.493 e. The third-order valence-electron chi connectivity index (χ3n) is 5.60. The monoisotopic (exact) mass is 395 g/mol. The standard InChI is InChI=1S/C25H33NO3/c1-18-8-5-11-21-14-19(15-22(18)21)9-6-12-26-13-7-10-20-16-23(27-2)25(29-4)24(17-20)28-3/h5,8,11,14,16-17,26H,6-7,9-10,12-13,15H2,1-4H3. The number of rotatable bonds is 11. The average molecular weight is 396 g/mol. The van der Waals surface area contributed by atoms with Gasteiger partial charge in [-0.1, -0.05) is 29.8 Å². The number of fused-ring (bicyclic) bond motifs is 1. The molecular weight excluding hydrogens is 362 g/mol. The first-order valence-corrected chi connectivity index (χ1v) is 10.4. The molecule has 0 aromatic heterocycles. The Balaban J connectivity index is 1.36. The highest BCUT2D eigenvalue weighted by atomic mass is 16.5. The van der Waals surface area contributed by atoms with E-state index in [-0.39, 0.29) is 0 Å². The van der Waals surface area contributed by atoms with Crippen LogP contribution in [0.4, 0.5) is 0 Å². The number of ether oxygens (including phenoxy) is 3. The van der Waals surface area contributed by atoms with Gasteiger partial charge in [0.25, 0.3) is 0 Å². The molecule has 0 saturated carbocycles. The molecule has 0 unspecified atom stereocenters. The van der Waals surface area contributed by atoms with Crippen LogP contribution in [0.2, 0.25) is 0 Å². The highest BCUT2D eigenvalue weighted by Crippen LogP contribution is 2.38. The molecule has 1 N–H and O–H groups in total. The first-order chi connectivity index (χ1) is 14.2. The van der Waals surface area contributed by atoms with Gasteiger partial charge in [-0.15, -0.1) is 0 Å². The molecule has 0 spiro atoms. The molecule has 1 aliphatic carbocycles. The lowest BCUT2D eigenvalue weighted by molar-refractivity contribution is 0.323. The van der Waals surface area contributed by atoms with Crippen molar-refractivity contribution in [2.24, 2.45) is 0 Å². The molecule has 0 aliphatic heterocycles. The number of benzene rings is 2. The zero-order valence-electron chi connectivity index (χ0n) is 18.1. The number of hydrogen-bond donors (Lipinski definition) is 1. The lowest BCUT2D eigenvalue weighted by Gasteiger charge is -2.14. The summed E-state index contributed by atoms with van der Waals surface area (Å²) in [6.45, 7) is 4.28. The van der Waals surface area contributed by atoms with Crippen molar-refractivity contribution in [1.82, 2.24) is 5.32 Å². The van der Waals surface area contributed by atoms with Gasteiger partial charge in [-0.25, -0.2) is 0 Å². The molecule has 0 radical (unpaired) electrons. The van der Waals surface area contributed by atoms with E-state index >= 15 is 0 Å². The van der Waals surface area contributed by atoms with E-state index in [0.29, 0.717) is 5.75 Å². The first kappa shape index (κ1) is 21.3. The predicted octanol–water partition coefficient (Wildman–Crippen LogP) is 4.96. The van der Waals surface area contributed by atoms with Gasteiger partial charge in [0.05, 0.1) is 21.3 Å². The zero-order chi connectivity index (χ0) is 20.6. The molecule has 2 aromatic carbocycles. The number of methoxy groups -OCH3 is 3. The maximum atomic E-state index is 5.43. The lowest BCUT2D eigenvalue weighted by Crippen LogP contribution is -2.17. The van der Waals surface area contributed by atoms with Gasteiger partial charge in [0.2, 0.25) is 5.75 Å². The van der Waals surface area contributed by atoms with E-state index in [1.54, 1.807) is 26.9 Å². The fraction of sp³-hybridized carbons (Fsp3) is 0.440. The summed E-state index contributed by atoms with van der Waals surface area (Å²) in [5.41, 5.74) is 7.11. The van der Waals surface area contributed by atoms with Crippen LogP contribution in [0.3, 0.4) is 0 Å². The van der Waals surface area contributed by atoms with Crippen LogP contribution in [0.25, 0.3) is 6.08 Å². The number of allylic oxidation sites excluding steroid dienone is 1. The van der Waals surface area contributed by atoms with Crippen molar-refractivity contribution in [3.8, 4) is 17.2 Å². The maximum Gasteiger partial charge on any atom is 0.203 e. The van der Waals surface area contributed by atoms with Gasteiger partial charge >= 0.3 is 0 Å². The van der Waals surface area contributed by atoms with Gasteiger partial charge in [0, 0.05) is 0 Å². The van der Waals surface area contributed by atoms with Gasteiger partial charge in [-0.05, 0) is 86.5 Å². The van der Waals surface area contributed by atoms with Crippen molar-refractivity contribution in [2.45, 2.75) is 39.0 Å². The molecule has 3 rings (SSSR count). The zero-order valence-corrected chi connectivity index (χ0v) is 18.1. The molecule has 156 valence electrons. The Bertz CT molecular complexity index is 832. The van der Waals surface area contributed by atoms with Crippen LogP contribution >= 0.6 is 0 Å². The van der Waals surface area contributed by atoms with E-state index in [0.717, 1.165) is 43.9 Å². The third kappa shape index (κ3) is 5.33. The molecular formula is C25H33NO3. The lowest BCUT2D eigenvalue weighted by atomic mass is 10.0. The predicted molar refractivity (Wildman–Crippen MR) is 119 cm³/mol. The van der Waals surface area contributed by atoms with Crippen LogP contribution in [0.5, 0.6) is 17.2 Å².